The maximum Gasteiger partial charge on any atom is 0.350 e. The third kappa shape index (κ3) is 4.40. The van der Waals surface area contributed by atoms with Gasteiger partial charge in [-0.1, -0.05) is 54.3 Å². The zero-order chi connectivity index (χ0) is 26.0. The van der Waals surface area contributed by atoms with Crippen molar-refractivity contribution < 1.29 is 29.0 Å². The molecule has 0 bridgehead atoms. The largest absolute Gasteiger partial charge is 0.507 e. The summed E-state index contributed by atoms with van der Waals surface area (Å²) in [5.74, 6) is -1.98. The van der Waals surface area contributed by atoms with Crippen LogP contribution < -0.4 is 9.64 Å². The molecule has 2 aromatic carbocycles. The monoisotopic (exact) mass is 504 g/mol. The second-order valence-electron chi connectivity index (χ2n) is 8.06. The molecule has 0 radical (unpaired) electrons. The molecular weight excluding hydrogens is 480 g/mol. The van der Waals surface area contributed by atoms with E-state index in [9.17, 15) is 19.5 Å². The van der Waals surface area contributed by atoms with E-state index >= 15 is 0 Å². The smallest absolute Gasteiger partial charge is 0.350 e. The van der Waals surface area contributed by atoms with Crippen LogP contribution in [0.2, 0.25) is 0 Å². The molecule has 0 aliphatic carbocycles. The minimum Gasteiger partial charge on any atom is -0.507 e. The summed E-state index contributed by atoms with van der Waals surface area (Å²) >= 11 is 0.949. The number of carbonyl (C=O) groups excluding carboxylic acids is 3. The lowest BCUT2D eigenvalue weighted by Gasteiger charge is -2.23. The van der Waals surface area contributed by atoms with Gasteiger partial charge in [0.15, 0.2) is 5.13 Å². The number of hydrogen-bond donors (Lipinski definition) is 1. The van der Waals surface area contributed by atoms with Crippen molar-refractivity contribution >= 4 is 39.9 Å². The SMILES string of the molecule is C=CCOC(=O)c1sc(N2C(=O)C(=O)C(=C(O)c3ccc(OC)c(C)c3)C2c2ccccc2)nc1C. The fourth-order valence-electron chi connectivity index (χ4n) is 4.04. The zero-order valence-corrected chi connectivity index (χ0v) is 20.8. The van der Waals surface area contributed by atoms with Gasteiger partial charge in [0.2, 0.25) is 0 Å². The van der Waals surface area contributed by atoms with E-state index in [-0.39, 0.29) is 27.9 Å². The highest BCUT2D eigenvalue weighted by Gasteiger charge is 2.48. The lowest BCUT2D eigenvalue weighted by molar-refractivity contribution is -0.132. The van der Waals surface area contributed by atoms with Crippen LogP contribution in [-0.2, 0) is 14.3 Å². The number of methoxy groups -OCH3 is 1. The molecule has 184 valence electrons. The molecule has 1 amide bonds. The number of aliphatic hydroxyl groups is 1. The highest BCUT2D eigenvalue weighted by atomic mass is 32.1. The molecule has 1 N–H and O–H groups in total. The Morgan fingerprint density at radius 3 is 2.56 bits per heavy atom. The first-order valence-electron chi connectivity index (χ1n) is 11.0. The van der Waals surface area contributed by atoms with Gasteiger partial charge in [0, 0.05) is 5.56 Å². The molecule has 1 aromatic heterocycles. The molecular formula is C27H24N2O6S. The zero-order valence-electron chi connectivity index (χ0n) is 20.0. The fraction of sp³-hybridized carbons (Fsp3) is 0.185. The van der Waals surface area contributed by atoms with Crippen LogP contribution in [0.5, 0.6) is 5.75 Å². The van der Waals surface area contributed by atoms with E-state index in [2.05, 4.69) is 11.6 Å². The molecule has 1 fully saturated rings. The second kappa shape index (κ2) is 10.2. The summed E-state index contributed by atoms with van der Waals surface area (Å²) in [6.45, 7) is 6.99. The van der Waals surface area contributed by atoms with Gasteiger partial charge in [0.1, 0.15) is 23.0 Å². The summed E-state index contributed by atoms with van der Waals surface area (Å²) in [7, 11) is 1.54. The number of ketones is 1. The lowest BCUT2D eigenvalue weighted by Crippen LogP contribution is -2.29. The van der Waals surface area contributed by atoms with Crippen molar-refractivity contribution in [2.45, 2.75) is 19.9 Å². The first-order valence-corrected chi connectivity index (χ1v) is 11.9. The number of hydrogen-bond acceptors (Lipinski definition) is 8. The van der Waals surface area contributed by atoms with E-state index in [4.69, 9.17) is 9.47 Å². The third-order valence-electron chi connectivity index (χ3n) is 5.74. The maximum absolute atomic E-state index is 13.3. The van der Waals surface area contributed by atoms with Gasteiger partial charge in [0.05, 0.1) is 24.4 Å². The van der Waals surface area contributed by atoms with Crippen LogP contribution in [0.3, 0.4) is 0 Å². The number of rotatable bonds is 7. The number of anilines is 1. The Hall–Kier alpha value is -4.24. The van der Waals surface area contributed by atoms with Gasteiger partial charge in [0.25, 0.3) is 5.78 Å². The molecule has 8 nitrogen and oxygen atoms in total. The summed E-state index contributed by atoms with van der Waals surface area (Å²) in [5, 5.41) is 11.4. The molecule has 1 saturated heterocycles. The van der Waals surface area contributed by atoms with E-state index in [0.717, 1.165) is 16.9 Å². The molecule has 0 saturated carbocycles. The van der Waals surface area contributed by atoms with Gasteiger partial charge in [-0.3, -0.25) is 14.5 Å². The number of aromatic nitrogens is 1. The van der Waals surface area contributed by atoms with Gasteiger partial charge in [-0.05, 0) is 43.2 Å². The summed E-state index contributed by atoms with van der Waals surface area (Å²) in [6, 6.07) is 12.9. The number of carbonyl (C=O) groups is 3. The molecule has 1 unspecified atom stereocenters. The Morgan fingerprint density at radius 2 is 1.92 bits per heavy atom. The molecule has 2 heterocycles. The molecule has 1 atom stereocenters. The number of ether oxygens (including phenoxy) is 2. The Balaban J connectivity index is 1.87. The van der Waals surface area contributed by atoms with Gasteiger partial charge in [-0.25, -0.2) is 9.78 Å². The van der Waals surface area contributed by atoms with Crippen molar-refractivity contribution in [2.75, 3.05) is 18.6 Å². The molecule has 0 spiro atoms. The van der Waals surface area contributed by atoms with Crippen LogP contribution in [0, 0.1) is 13.8 Å². The number of thiazole rings is 1. The maximum atomic E-state index is 13.3. The summed E-state index contributed by atoms with van der Waals surface area (Å²) in [4.78, 5) is 44.9. The lowest BCUT2D eigenvalue weighted by atomic mass is 9.95. The van der Waals surface area contributed by atoms with Crippen LogP contribution in [-0.4, -0.2) is 41.5 Å². The van der Waals surface area contributed by atoms with Gasteiger partial charge in [-0.2, -0.15) is 0 Å². The van der Waals surface area contributed by atoms with Gasteiger partial charge < -0.3 is 14.6 Å². The predicted molar refractivity (Wildman–Crippen MR) is 136 cm³/mol. The summed E-state index contributed by atoms with van der Waals surface area (Å²) in [6.07, 6.45) is 1.45. The van der Waals surface area contributed by atoms with E-state index in [1.54, 1.807) is 56.5 Å². The number of benzene rings is 2. The van der Waals surface area contributed by atoms with Crippen LogP contribution in [0.4, 0.5) is 5.13 Å². The van der Waals surface area contributed by atoms with Crippen LogP contribution in [0.25, 0.3) is 5.76 Å². The van der Waals surface area contributed by atoms with E-state index < -0.39 is 23.7 Å². The Bertz CT molecular complexity index is 1390. The molecule has 1 aliphatic heterocycles. The van der Waals surface area contributed by atoms with Crippen molar-refractivity contribution in [3.05, 3.63) is 94.0 Å². The quantitative estimate of drug-likeness (QED) is 0.163. The topological polar surface area (TPSA) is 106 Å². The number of aliphatic hydroxyl groups excluding tert-OH is 1. The van der Waals surface area contributed by atoms with Crippen molar-refractivity contribution in [1.82, 2.24) is 4.98 Å². The van der Waals surface area contributed by atoms with Gasteiger partial charge >= 0.3 is 11.9 Å². The van der Waals surface area contributed by atoms with Crippen LogP contribution in [0.15, 0.2) is 66.8 Å². The van der Waals surface area contributed by atoms with Crippen molar-refractivity contribution in [1.29, 1.82) is 0 Å². The normalized spacial score (nSPS) is 16.8. The molecule has 3 aromatic rings. The highest BCUT2D eigenvalue weighted by molar-refractivity contribution is 7.17. The van der Waals surface area contributed by atoms with Crippen LogP contribution in [0.1, 0.15) is 38.1 Å². The summed E-state index contributed by atoms with van der Waals surface area (Å²) in [5.41, 5.74) is 2.02. The van der Waals surface area contributed by atoms with E-state index in [0.29, 0.717) is 22.6 Å². The van der Waals surface area contributed by atoms with Crippen LogP contribution >= 0.6 is 11.3 Å². The first kappa shape index (κ1) is 24.9. The average molecular weight is 505 g/mol. The Kier molecular flexibility index (Phi) is 7.03. The summed E-state index contributed by atoms with van der Waals surface area (Å²) < 4.78 is 10.4. The van der Waals surface area contributed by atoms with Crippen molar-refractivity contribution in [3.63, 3.8) is 0 Å². The number of amides is 1. The molecule has 9 heteroatoms. The number of nitrogens with zero attached hydrogens (tertiary/aromatic N) is 2. The van der Waals surface area contributed by atoms with Crippen molar-refractivity contribution in [2.24, 2.45) is 0 Å². The Morgan fingerprint density at radius 1 is 1.19 bits per heavy atom. The predicted octanol–water partition coefficient (Wildman–Crippen LogP) is 4.74. The molecule has 36 heavy (non-hydrogen) atoms. The van der Waals surface area contributed by atoms with Crippen molar-refractivity contribution in [3.8, 4) is 5.75 Å². The van der Waals surface area contributed by atoms with E-state index in [1.807, 2.05) is 13.0 Å². The Labute approximate surface area is 212 Å². The second-order valence-corrected chi connectivity index (χ2v) is 9.04. The highest BCUT2D eigenvalue weighted by Crippen LogP contribution is 2.44. The standard InChI is InChI=1S/C27H24N2O6S/c1-5-13-35-26(33)24-16(3)28-27(36-24)29-21(17-9-7-6-8-10-17)20(23(31)25(29)32)22(30)18-11-12-19(34-4)15(2)14-18/h5-12,14,21,30H,1,13H2,2-4H3. The number of esters is 1. The number of aryl methyl sites for hydroxylation is 2. The number of Topliss-reactive ketones (excluding diaryl/α,β-unsaturated/α-hetero) is 1. The minimum absolute atomic E-state index is 0.0291. The fourth-order valence-corrected chi connectivity index (χ4v) is 5.02. The van der Waals surface area contributed by atoms with E-state index in [1.165, 1.54) is 11.0 Å². The average Bonchev–Trinajstić information content (AvgIpc) is 3.39. The van der Waals surface area contributed by atoms with Gasteiger partial charge in [-0.15, -0.1) is 0 Å². The molecule has 4 rings (SSSR count). The molecule has 1 aliphatic rings. The minimum atomic E-state index is -0.948. The third-order valence-corrected chi connectivity index (χ3v) is 6.87. The first-order chi connectivity index (χ1) is 17.3.